The van der Waals surface area contributed by atoms with Crippen LogP contribution in [-0.4, -0.2) is 28.3 Å². The molecule has 0 saturated carbocycles. The number of methoxy groups -OCH3 is 1. The summed E-state index contributed by atoms with van der Waals surface area (Å²) >= 11 is 4.99. The summed E-state index contributed by atoms with van der Waals surface area (Å²) in [7, 11) is 3.42. The van der Waals surface area contributed by atoms with Gasteiger partial charge in [-0.25, -0.2) is 0 Å². The van der Waals surface area contributed by atoms with Crippen molar-refractivity contribution >= 4 is 39.4 Å². The third-order valence-electron chi connectivity index (χ3n) is 4.31. The van der Waals surface area contributed by atoms with E-state index in [0.717, 1.165) is 22.2 Å². The Kier molecular flexibility index (Phi) is 5.72. The van der Waals surface area contributed by atoms with E-state index in [0.29, 0.717) is 22.3 Å². The number of fused-ring (bicyclic) bond motifs is 1. The lowest BCUT2D eigenvalue weighted by Crippen LogP contribution is -2.33. The van der Waals surface area contributed by atoms with Gasteiger partial charge in [-0.3, -0.25) is 9.59 Å². The molecule has 0 spiro atoms. The molecule has 2 heterocycles. The average molecular weight is 438 g/mol. The predicted molar refractivity (Wildman–Crippen MR) is 106 cm³/mol. The maximum absolute atomic E-state index is 12.8. The molecule has 1 aliphatic rings. The number of hydrogen-bond donors (Lipinski definition) is 1. The predicted octanol–water partition coefficient (Wildman–Crippen LogP) is 3.53. The first-order valence-corrected chi connectivity index (χ1v) is 10.1. The normalized spacial score (nSPS) is 16.2. The monoisotopic (exact) mass is 437 g/mol. The summed E-state index contributed by atoms with van der Waals surface area (Å²) < 4.78 is 7.85. The van der Waals surface area contributed by atoms with Gasteiger partial charge in [0.1, 0.15) is 11.6 Å². The molecule has 0 bridgehead atoms. The van der Waals surface area contributed by atoms with E-state index in [1.54, 1.807) is 11.7 Å². The van der Waals surface area contributed by atoms with Gasteiger partial charge in [-0.2, -0.15) is 4.98 Å². The second-order valence-corrected chi connectivity index (χ2v) is 7.98. The van der Waals surface area contributed by atoms with Crippen LogP contribution in [-0.2, 0) is 11.8 Å². The molecule has 1 amide bonds. The first-order chi connectivity index (χ1) is 12.5. The first-order valence-electron chi connectivity index (χ1n) is 8.33. The number of aromatic nitrogens is 2. The molecule has 0 unspecified atom stereocenters. The number of nitrogens with zero attached hydrogens (tertiary/aromatic N) is 2. The van der Waals surface area contributed by atoms with Crippen LogP contribution in [0.5, 0.6) is 5.75 Å². The zero-order valence-electron chi connectivity index (χ0n) is 14.8. The van der Waals surface area contributed by atoms with Crippen LogP contribution in [0.2, 0.25) is 0 Å². The minimum atomic E-state index is -0.336. The van der Waals surface area contributed by atoms with Crippen LogP contribution < -0.4 is 15.6 Å². The van der Waals surface area contributed by atoms with Crippen molar-refractivity contribution in [1.82, 2.24) is 9.55 Å². The Morgan fingerprint density at radius 2 is 2.19 bits per heavy atom. The van der Waals surface area contributed by atoms with Gasteiger partial charge in [0, 0.05) is 25.1 Å². The minimum absolute atomic E-state index is 0.109. The molecule has 0 aliphatic carbocycles. The largest absolute Gasteiger partial charge is 0.496 e. The van der Waals surface area contributed by atoms with E-state index in [1.807, 2.05) is 25.2 Å². The van der Waals surface area contributed by atoms with Crippen LogP contribution in [0.3, 0.4) is 0 Å². The first kappa shape index (κ1) is 19.0. The van der Waals surface area contributed by atoms with Gasteiger partial charge in [0.05, 0.1) is 17.1 Å². The number of benzene rings is 1. The minimum Gasteiger partial charge on any atom is -0.496 e. The van der Waals surface area contributed by atoms with Gasteiger partial charge in [0.2, 0.25) is 5.91 Å². The number of rotatable bonds is 5. The lowest BCUT2D eigenvalue weighted by Gasteiger charge is -2.27. The highest BCUT2D eigenvalue weighted by Crippen LogP contribution is 2.38. The summed E-state index contributed by atoms with van der Waals surface area (Å²) in [6, 6.07) is 5.61. The molecule has 26 heavy (non-hydrogen) atoms. The van der Waals surface area contributed by atoms with Crippen molar-refractivity contribution in [2.75, 3.05) is 18.2 Å². The van der Waals surface area contributed by atoms with Gasteiger partial charge in [-0.1, -0.05) is 24.8 Å². The van der Waals surface area contributed by atoms with Gasteiger partial charge in [0.25, 0.3) is 5.56 Å². The highest BCUT2D eigenvalue weighted by Gasteiger charge is 2.32. The number of carbonyl (C=O) groups excluding carboxylic acids is 1. The number of anilines is 1. The second-order valence-electron chi connectivity index (χ2n) is 6.07. The van der Waals surface area contributed by atoms with Crippen LogP contribution in [0.4, 0.5) is 5.82 Å². The van der Waals surface area contributed by atoms with Gasteiger partial charge in [0.15, 0.2) is 5.16 Å². The maximum Gasteiger partial charge on any atom is 0.279 e. The summed E-state index contributed by atoms with van der Waals surface area (Å²) in [4.78, 5) is 29.4. The van der Waals surface area contributed by atoms with E-state index in [1.165, 1.54) is 11.8 Å². The molecule has 1 aromatic carbocycles. The Morgan fingerprint density at radius 1 is 1.42 bits per heavy atom. The number of thioether (sulfide) groups is 1. The van der Waals surface area contributed by atoms with Gasteiger partial charge in [-0.05, 0) is 40.0 Å². The Bertz CT molecular complexity index is 913. The van der Waals surface area contributed by atoms with E-state index in [4.69, 9.17) is 4.74 Å². The maximum atomic E-state index is 12.8. The van der Waals surface area contributed by atoms with Crippen LogP contribution in [0, 0.1) is 0 Å². The zero-order valence-corrected chi connectivity index (χ0v) is 17.2. The highest BCUT2D eigenvalue weighted by atomic mass is 79.9. The molecule has 6 nitrogen and oxygen atoms in total. The van der Waals surface area contributed by atoms with E-state index in [-0.39, 0.29) is 23.8 Å². The fourth-order valence-electron chi connectivity index (χ4n) is 3.04. The quantitative estimate of drug-likeness (QED) is 0.571. The van der Waals surface area contributed by atoms with Crippen LogP contribution in [0.1, 0.15) is 36.8 Å². The molecular weight excluding hydrogens is 418 g/mol. The third kappa shape index (κ3) is 3.53. The Balaban J connectivity index is 2.12. The molecule has 8 heteroatoms. The molecule has 138 valence electrons. The molecule has 1 aliphatic heterocycles. The second kappa shape index (κ2) is 7.84. The Labute approximate surface area is 164 Å². The number of amides is 1. The van der Waals surface area contributed by atoms with Gasteiger partial charge >= 0.3 is 0 Å². The molecule has 0 fully saturated rings. The fourth-order valence-corrected chi connectivity index (χ4v) is 4.42. The van der Waals surface area contributed by atoms with E-state index >= 15 is 0 Å². The number of nitrogens with one attached hydrogen (secondary N) is 1. The van der Waals surface area contributed by atoms with Gasteiger partial charge < -0.3 is 14.6 Å². The zero-order chi connectivity index (χ0) is 18.8. The summed E-state index contributed by atoms with van der Waals surface area (Å²) in [6.07, 6.45) is 1.19. The molecule has 2 aromatic rings. The van der Waals surface area contributed by atoms with Crippen molar-refractivity contribution in [2.24, 2.45) is 7.05 Å². The van der Waals surface area contributed by atoms with Crippen molar-refractivity contribution in [1.29, 1.82) is 0 Å². The molecule has 1 N–H and O–H groups in total. The van der Waals surface area contributed by atoms with E-state index in [9.17, 15) is 9.59 Å². The summed E-state index contributed by atoms with van der Waals surface area (Å²) in [5, 5.41) is 3.48. The third-order valence-corrected chi connectivity index (χ3v) is 6.17. The van der Waals surface area contributed by atoms with Crippen LogP contribution >= 0.6 is 27.7 Å². The van der Waals surface area contributed by atoms with E-state index < -0.39 is 0 Å². The van der Waals surface area contributed by atoms with E-state index in [2.05, 4.69) is 33.2 Å². The van der Waals surface area contributed by atoms with Crippen LogP contribution in [0.25, 0.3) is 0 Å². The van der Waals surface area contributed by atoms with Crippen molar-refractivity contribution in [3.05, 3.63) is 44.2 Å². The summed E-state index contributed by atoms with van der Waals surface area (Å²) in [6.45, 7) is 2.07. The molecule has 1 atom stereocenters. The summed E-state index contributed by atoms with van der Waals surface area (Å²) in [5.74, 6) is 1.66. The molecular formula is C18H20BrN3O3S. The molecule has 0 saturated heterocycles. The standard InChI is InChI=1S/C18H20BrN3O3S/c1-4-7-26-18-21-17(24)15-11(9-14(23)20-16(15)22(18)2)10-5-6-13(25-3)12(19)8-10/h5-6,8,11H,4,7,9H2,1-3H3,(H,20,23)/t11-/m0/s1. The van der Waals surface area contributed by atoms with Crippen molar-refractivity contribution in [3.63, 3.8) is 0 Å². The van der Waals surface area contributed by atoms with Crippen molar-refractivity contribution < 1.29 is 9.53 Å². The topological polar surface area (TPSA) is 73.2 Å². The molecule has 1 aromatic heterocycles. The lowest BCUT2D eigenvalue weighted by molar-refractivity contribution is -0.116. The van der Waals surface area contributed by atoms with Gasteiger partial charge in [-0.15, -0.1) is 0 Å². The number of halogens is 1. The van der Waals surface area contributed by atoms with Crippen molar-refractivity contribution in [3.8, 4) is 5.75 Å². The highest BCUT2D eigenvalue weighted by molar-refractivity contribution is 9.10. The molecule has 3 rings (SSSR count). The van der Waals surface area contributed by atoms with Crippen molar-refractivity contribution in [2.45, 2.75) is 30.8 Å². The Hall–Kier alpha value is -1.80. The average Bonchev–Trinajstić information content (AvgIpc) is 2.62. The lowest BCUT2D eigenvalue weighted by atomic mass is 9.87. The molecule has 0 radical (unpaired) electrons. The number of ether oxygens (including phenoxy) is 1. The SMILES string of the molecule is CCCSc1nc(=O)c2c(n1C)NC(=O)C[C@H]2c1ccc(OC)c(Br)c1. The van der Waals surface area contributed by atoms with Crippen LogP contribution in [0.15, 0.2) is 32.6 Å². The number of hydrogen-bond acceptors (Lipinski definition) is 5. The number of carbonyl (C=O) groups is 1. The Morgan fingerprint density at radius 3 is 2.85 bits per heavy atom. The smallest absolute Gasteiger partial charge is 0.279 e. The summed E-state index contributed by atoms with van der Waals surface area (Å²) in [5.41, 5.74) is 1.13. The fraction of sp³-hybridized carbons (Fsp3) is 0.389.